The smallest absolute Gasteiger partial charge is 0.358 e. The molecule has 1 aromatic heterocycles. The molecule has 0 radical (unpaired) electrons. The van der Waals surface area contributed by atoms with E-state index in [0.29, 0.717) is 13.1 Å². The van der Waals surface area contributed by atoms with Crippen LogP contribution in [0.2, 0.25) is 0 Å². The maximum atomic E-state index is 12.1. The van der Waals surface area contributed by atoms with Crippen LogP contribution < -0.4 is 4.72 Å². The molecule has 0 unspecified atom stereocenters. The van der Waals surface area contributed by atoms with Crippen molar-refractivity contribution in [1.29, 1.82) is 0 Å². The number of nitrogens with one attached hydrogen (secondary N) is 1. The van der Waals surface area contributed by atoms with E-state index in [1.165, 1.54) is 15.2 Å². The number of carbonyl (C=O) groups is 1. The van der Waals surface area contributed by atoms with E-state index >= 15 is 0 Å². The number of carboxylic acid groups (broad SMARTS) is 1. The van der Waals surface area contributed by atoms with Crippen LogP contribution in [0.25, 0.3) is 0 Å². The van der Waals surface area contributed by atoms with Gasteiger partial charge in [-0.05, 0) is 12.8 Å². The van der Waals surface area contributed by atoms with Crippen molar-refractivity contribution in [2.24, 2.45) is 0 Å². The third kappa shape index (κ3) is 5.40. The van der Waals surface area contributed by atoms with Gasteiger partial charge in [0.2, 0.25) is 0 Å². The molecule has 0 aliphatic heterocycles. The molecule has 0 aliphatic rings. The van der Waals surface area contributed by atoms with Gasteiger partial charge >= 0.3 is 5.97 Å². The fourth-order valence-corrected chi connectivity index (χ4v) is 3.11. The van der Waals surface area contributed by atoms with E-state index in [1.807, 2.05) is 13.8 Å². The van der Waals surface area contributed by atoms with Crippen molar-refractivity contribution in [3.05, 3.63) is 11.9 Å². The van der Waals surface area contributed by atoms with E-state index in [4.69, 9.17) is 5.11 Å². The average molecular weight is 319 g/mol. The van der Waals surface area contributed by atoms with Crippen molar-refractivity contribution in [2.45, 2.75) is 33.2 Å². The summed E-state index contributed by atoms with van der Waals surface area (Å²) in [5.74, 6) is -1.17. The van der Waals surface area contributed by atoms with Gasteiger partial charge in [0.15, 0.2) is 5.69 Å². The quantitative estimate of drug-likeness (QED) is 0.623. The second kappa shape index (κ2) is 8.05. The molecule has 1 heterocycles. The Morgan fingerprint density at radius 1 is 1.38 bits per heavy atom. The molecule has 0 saturated heterocycles. The van der Waals surface area contributed by atoms with E-state index in [0.717, 1.165) is 12.8 Å². The van der Waals surface area contributed by atoms with Crippen LogP contribution in [0.1, 0.15) is 37.2 Å². The Morgan fingerprint density at radius 3 is 2.48 bits per heavy atom. The molecule has 9 nitrogen and oxygen atoms in total. The first kappa shape index (κ1) is 17.5. The number of hydrogen-bond donors (Lipinski definition) is 2. The Bertz CT molecular complexity index is 551. The summed E-state index contributed by atoms with van der Waals surface area (Å²) in [6.45, 7) is 5.10. The SMILES string of the molecule is CCCN(CCC)S(=O)(=O)NCCn1cc(C(=O)O)nn1. The lowest BCUT2D eigenvalue weighted by molar-refractivity contribution is 0.0690. The van der Waals surface area contributed by atoms with Gasteiger partial charge in [-0.15, -0.1) is 5.10 Å². The highest BCUT2D eigenvalue weighted by Gasteiger charge is 2.19. The summed E-state index contributed by atoms with van der Waals surface area (Å²) in [6.07, 6.45) is 2.74. The number of aromatic nitrogens is 3. The van der Waals surface area contributed by atoms with Gasteiger partial charge in [-0.25, -0.2) is 9.52 Å². The lowest BCUT2D eigenvalue weighted by Gasteiger charge is -2.21. The van der Waals surface area contributed by atoms with Gasteiger partial charge in [-0.1, -0.05) is 19.1 Å². The summed E-state index contributed by atoms with van der Waals surface area (Å²) >= 11 is 0. The topological polar surface area (TPSA) is 117 Å². The molecule has 0 fully saturated rings. The van der Waals surface area contributed by atoms with Crippen LogP contribution in [0.15, 0.2) is 6.20 Å². The number of hydrogen-bond acceptors (Lipinski definition) is 5. The summed E-state index contributed by atoms with van der Waals surface area (Å²) < 4.78 is 29.3. The van der Waals surface area contributed by atoms with Crippen molar-refractivity contribution < 1.29 is 18.3 Å². The van der Waals surface area contributed by atoms with E-state index in [9.17, 15) is 13.2 Å². The number of carboxylic acids is 1. The molecule has 0 atom stereocenters. The third-order valence-corrected chi connectivity index (χ3v) is 4.28. The standard InChI is InChI=1S/C11H21N5O4S/c1-3-6-16(7-4-2)21(19,20)12-5-8-15-9-10(11(17)18)13-14-15/h9,12H,3-8H2,1-2H3,(H,17,18). The molecular weight excluding hydrogens is 298 g/mol. The second-order valence-corrected chi connectivity index (χ2v) is 6.23. The maximum absolute atomic E-state index is 12.1. The van der Waals surface area contributed by atoms with Crippen LogP contribution in [0.5, 0.6) is 0 Å². The fraction of sp³-hybridized carbons (Fsp3) is 0.727. The Morgan fingerprint density at radius 2 is 2.00 bits per heavy atom. The van der Waals surface area contributed by atoms with Crippen LogP contribution >= 0.6 is 0 Å². The molecule has 0 amide bonds. The fourth-order valence-electron chi connectivity index (χ4n) is 1.74. The summed E-state index contributed by atoms with van der Waals surface area (Å²) in [4.78, 5) is 10.6. The first-order chi connectivity index (χ1) is 9.90. The lowest BCUT2D eigenvalue weighted by Crippen LogP contribution is -2.42. The summed E-state index contributed by atoms with van der Waals surface area (Å²) in [6, 6.07) is 0. The van der Waals surface area contributed by atoms with Crippen molar-refractivity contribution in [2.75, 3.05) is 19.6 Å². The molecule has 1 aromatic rings. The lowest BCUT2D eigenvalue weighted by atomic mass is 10.4. The first-order valence-electron chi connectivity index (χ1n) is 6.78. The molecule has 0 aliphatic carbocycles. The minimum atomic E-state index is -3.52. The molecule has 0 spiro atoms. The minimum Gasteiger partial charge on any atom is -0.476 e. The average Bonchev–Trinajstić information content (AvgIpc) is 2.87. The van der Waals surface area contributed by atoms with Crippen molar-refractivity contribution >= 4 is 16.2 Å². The zero-order valence-corrected chi connectivity index (χ0v) is 13.0. The van der Waals surface area contributed by atoms with E-state index < -0.39 is 16.2 Å². The highest BCUT2D eigenvalue weighted by molar-refractivity contribution is 7.87. The molecule has 0 aromatic carbocycles. The van der Waals surface area contributed by atoms with Gasteiger partial charge in [0.05, 0.1) is 12.7 Å². The molecule has 2 N–H and O–H groups in total. The second-order valence-electron chi connectivity index (χ2n) is 4.47. The van der Waals surface area contributed by atoms with Crippen LogP contribution in [-0.2, 0) is 16.8 Å². The summed E-state index contributed by atoms with van der Waals surface area (Å²) in [7, 11) is -3.52. The zero-order chi connectivity index (χ0) is 15.9. The molecular formula is C11H21N5O4S. The predicted octanol–water partition coefficient (Wildman–Crippen LogP) is -0.0673. The number of rotatable bonds is 10. The van der Waals surface area contributed by atoms with E-state index in [1.54, 1.807) is 0 Å². The van der Waals surface area contributed by atoms with Crippen LogP contribution in [-0.4, -0.2) is 58.4 Å². The van der Waals surface area contributed by atoms with Gasteiger partial charge in [-0.3, -0.25) is 4.68 Å². The van der Waals surface area contributed by atoms with Crippen LogP contribution in [0.4, 0.5) is 0 Å². The van der Waals surface area contributed by atoms with Crippen LogP contribution in [0.3, 0.4) is 0 Å². The first-order valence-corrected chi connectivity index (χ1v) is 8.22. The Kier molecular flexibility index (Phi) is 6.72. The third-order valence-electron chi connectivity index (χ3n) is 2.67. The monoisotopic (exact) mass is 319 g/mol. The van der Waals surface area contributed by atoms with Crippen LogP contribution in [0, 0.1) is 0 Å². The maximum Gasteiger partial charge on any atom is 0.358 e. The highest BCUT2D eigenvalue weighted by Crippen LogP contribution is 2.01. The summed E-state index contributed by atoms with van der Waals surface area (Å²) in [5, 5.41) is 15.8. The van der Waals surface area contributed by atoms with Gasteiger partial charge < -0.3 is 5.11 Å². The normalized spacial score (nSPS) is 12.0. The van der Waals surface area contributed by atoms with Gasteiger partial charge in [0.1, 0.15) is 0 Å². The van der Waals surface area contributed by atoms with Gasteiger partial charge in [0.25, 0.3) is 10.2 Å². The van der Waals surface area contributed by atoms with Crippen molar-refractivity contribution in [3.63, 3.8) is 0 Å². The predicted molar refractivity (Wildman–Crippen MR) is 76.1 cm³/mol. The van der Waals surface area contributed by atoms with Crippen molar-refractivity contribution in [3.8, 4) is 0 Å². The molecule has 0 bridgehead atoms. The Hall–Kier alpha value is -1.52. The molecule has 1 rings (SSSR count). The number of aromatic carboxylic acids is 1. The molecule has 21 heavy (non-hydrogen) atoms. The minimum absolute atomic E-state index is 0.120. The Labute approximate surface area is 124 Å². The van der Waals surface area contributed by atoms with Gasteiger partial charge in [-0.2, -0.15) is 12.7 Å². The zero-order valence-electron chi connectivity index (χ0n) is 12.2. The highest BCUT2D eigenvalue weighted by atomic mass is 32.2. The number of nitrogens with zero attached hydrogens (tertiary/aromatic N) is 4. The summed E-state index contributed by atoms with van der Waals surface area (Å²) in [5.41, 5.74) is -0.170. The van der Waals surface area contributed by atoms with Gasteiger partial charge in [0, 0.05) is 19.6 Å². The van der Waals surface area contributed by atoms with E-state index in [-0.39, 0.29) is 18.8 Å². The largest absolute Gasteiger partial charge is 0.476 e. The Balaban J connectivity index is 2.53. The van der Waals surface area contributed by atoms with E-state index in [2.05, 4.69) is 15.0 Å². The molecule has 10 heteroatoms. The van der Waals surface area contributed by atoms with Crippen molar-refractivity contribution in [1.82, 2.24) is 24.0 Å². The molecule has 0 saturated carbocycles. The molecule has 120 valence electrons.